The van der Waals surface area contributed by atoms with Crippen molar-refractivity contribution in [2.75, 3.05) is 33.5 Å². The van der Waals surface area contributed by atoms with Crippen molar-refractivity contribution in [3.8, 4) is 17.2 Å². The Labute approximate surface area is 169 Å². The van der Waals surface area contributed by atoms with Crippen LogP contribution in [0.2, 0.25) is 0 Å². The minimum atomic E-state index is -0.0301. The lowest BCUT2D eigenvalue weighted by Crippen LogP contribution is -2.44. The van der Waals surface area contributed by atoms with Gasteiger partial charge in [0, 0.05) is 56.2 Å². The SMILES string of the molecule is COc1cc2c(cc1CN1C[C@H]3CC[C@@H]1CN(C(=O)c1cnccn1)C3)OCO2. The monoisotopic (exact) mass is 396 g/mol. The second-order valence-electron chi connectivity index (χ2n) is 7.84. The summed E-state index contributed by atoms with van der Waals surface area (Å²) in [6.07, 6.45) is 6.93. The van der Waals surface area contributed by atoms with E-state index in [4.69, 9.17) is 14.2 Å². The topological polar surface area (TPSA) is 77.0 Å². The first kappa shape index (κ1) is 18.2. The number of fused-ring (bicyclic) bond motifs is 5. The number of rotatable bonds is 4. The van der Waals surface area contributed by atoms with Crippen molar-refractivity contribution in [1.29, 1.82) is 0 Å². The van der Waals surface area contributed by atoms with Gasteiger partial charge in [0.25, 0.3) is 5.91 Å². The van der Waals surface area contributed by atoms with Gasteiger partial charge in [-0.15, -0.1) is 0 Å². The van der Waals surface area contributed by atoms with Gasteiger partial charge in [0.05, 0.1) is 13.3 Å². The van der Waals surface area contributed by atoms with E-state index in [1.807, 2.05) is 17.0 Å². The maximum atomic E-state index is 12.9. The molecule has 1 aromatic heterocycles. The van der Waals surface area contributed by atoms with Crippen molar-refractivity contribution in [3.05, 3.63) is 42.0 Å². The lowest BCUT2D eigenvalue weighted by atomic mass is 9.94. The molecule has 2 bridgehead atoms. The molecule has 1 amide bonds. The Morgan fingerprint density at radius 3 is 2.83 bits per heavy atom. The predicted octanol–water partition coefficient (Wildman–Crippen LogP) is 1.95. The van der Waals surface area contributed by atoms with Gasteiger partial charge in [0.15, 0.2) is 11.5 Å². The zero-order valence-corrected chi connectivity index (χ0v) is 16.4. The maximum Gasteiger partial charge on any atom is 0.274 e. The Morgan fingerprint density at radius 1 is 1.17 bits per heavy atom. The summed E-state index contributed by atoms with van der Waals surface area (Å²) in [5.74, 6) is 2.72. The van der Waals surface area contributed by atoms with Crippen LogP contribution in [0.25, 0.3) is 0 Å². The van der Waals surface area contributed by atoms with Crippen LogP contribution >= 0.6 is 0 Å². The standard InChI is InChI=1S/C21H24N4O4/c1-27-18-7-20-19(28-13-29-20)6-15(18)11-24-9-14-2-3-16(24)12-25(10-14)21(26)17-8-22-4-5-23-17/h4-8,14,16H,2-3,9-13H2,1H3/t14-,16-/m1/s1. The molecule has 2 atom stereocenters. The van der Waals surface area contributed by atoms with Crippen LogP contribution in [0, 0.1) is 5.92 Å². The molecule has 0 saturated carbocycles. The van der Waals surface area contributed by atoms with E-state index in [1.165, 1.54) is 0 Å². The summed E-state index contributed by atoms with van der Waals surface area (Å²) >= 11 is 0. The summed E-state index contributed by atoms with van der Waals surface area (Å²) in [5, 5.41) is 0. The summed E-state index contributed by atoms with van der Waals surface area (Å²) in [5.41, 5.74) is 1.49. The summed E-state index contributed by atoms with van der Waals surface area (Å²) in [4.78, 5) is 25.6. The first-order valence-corrected chi connectivity index (χ1v) is 9.97. The highest BCUT2D eigenvalue weighted by Gasteiger charge is 2.37. The molecule has 4 aliphatic rings. The van der Waals surface area contributed by atoms with E-state index in [0.717, 1.165) is 55.3 Å². The number of nitrogens with zero attached hydrogens (tertiary/aromatic N) is 4. The molecule has 1 aromatic carbocycles. The van der Waals surface area contributed by atoms with E-state index in [2.05, 4.69) is 14.9 Å². The molecule has 2 aromatic rings. The van der Waals surface area contributed by atoms with Gasteiger partial charge in [-0.3, -0.25) is 14.7 Å². The minimum absolute atomic E-state index is 0.0301. The van der Waals surface area contributed by atoms with Gasteiger partial charge in [-0.25, -0.2) is 4.98 Å². The summed E-state index contributed by atoms with van der Waals surface area (Å²) in [7, 11) is 1.68. The number of amides is 1. The van der Waals surface area contributed by atoms with Crippen LogP contribution in [-0.2, 0) is 6.54 Å². The second-order valence-corrected chi connectivity index (χ2v) is 7.84. The first-order chi connectivity index (χ1) is 14.2. The van der Waals surface area contributed by atoms with Crippen molar-refractivity contribution in [1.82, 2.24) is 19.8 Å². The van der Waals surface area contributed by atoms with Crippen LogP contribution in [0.3, 0.4) is 0 Å². The van der Waals surface area contributed by atoms with Gasteiger partial charge in [-0.2, -0.15) is 0 Å². The number of benzene rings is 1. The van der Waals surface area contributed by atoms with Gasteiger partial charge >= 0.3 is 0 Å². The van der Waals surface area contributed by atoms with Crippen molar-refractivity contribution in [3.63, 3.8) is 0 Å². The molecule has 3 saturated heterocycles. The third kappa shape index (κ3) is 3.48. The lowest BCUT2D eigenvalue weighted by molar-refractivity contribution is 0.0729. The molecule has 0 spiro atoms. The van der Waals surface area contributed by atoms with Crippen LogP contribution in [0.15, 0.2) is 30.7 Å². The van der Waals surface area contributed by atoms with E-state index in [9.17, 15) is 4.79 Å². The number of methoxy groups -OCH3 is 1. The van der Waals surface area contributed by atoms with Gasteiger partial charge in [-0.1, -0.05) is 0 Å². The average molecular weight is 396 g/mol. The fraction of sp³-hybridized carbons (Fsp3) is 0.476. The Kier molecular flexibility index (Phi) is 4.71. The highest BCUT2D eigenvalue weighted by atomic mass is 16.7. The Morgan fingerprint density at radius 2 is 2.03 bits per heavy atom. The van der Waals surface area contributed by atoms with Crippen LogP contribution in [0.1, 0.15) is 28.9 Å². The van der Waals surface area contributed by atoms with Crippen LogP contribution in [0.4, 0.5) is 0 Å². The van der Waals surface area contributed by atoms with Gasteiger partial charge in [-0.05, 0) is 24.8 Å². The Hall–Kier alpha value is -2.87. The largest absolute Gasteiger partial charge is 0.496 e. The van der Waals surface area contributed by atoms with E-state index in [0.29, 0.717) is 24.2 Å². The first-order valence-electron chi connectivity index (χ1n) is 9.97. The van der Waals surface area contributed by atoms with Crippen molar-refractivity contribution in [2.24, 2.45) is 5.92 Å². The molecule has 8 heteroatoms. The van der Waals surface area contributed by atoms with Crippen molar-refractivity contribution in [2.45, 2.75) is 25.4 Å². The number of piperidine rings is 1. The number of carbonyl (C=O) groups excluding carboxylic acids is 1. The molecule has 0 N–H and O–H groups in total. The second kappa shape index (κ2) is 7.51. The fourth-order valence-corrected chi connectivity index (χ4v) is 4.61. The van der Waals surface area contributed by atoms with Crippen molar-refractivity contribution < 1.29 is 19.0 Å². The molecule has 4 aliphatic heterocycles. The van der Waals surface area contributed by atoms with E-state index in [-0.39, 0.29) is 12.7 Å². The molecule has 0 unspecified atom stereocenters. The molecule has 3 fully saturated rings. The molecular weight excluding hydrogens is 372 g/mol. The molecule has 0 aliphatic carbocycles. The van der Waals surface area contributed by atoms with E-state index >= 15 is 0 Å². The zero-order valence-electron chi connectivity index (χ0n) is 16.4. The Bertz CT molecular complexity index is 907. The van der Waals surface area contributed by atoms with Crippen LogP contribution < -0.4 is 14.2 Å². The molecular formula is C21H24N4O4. The predicted molar refractivity (Wildman–Crippen MR) is 104 cm³/mol. The maximum absolute atomic E-state index is 12.9. The minimum Gasteiger partial charge on any atom is -0.496 e. The molecule has 6 rings (SSSR count). The van der Waals surface area contributed by atoms with E-state index < -0.39 is 0 Å². The smallest absolute Gasteiger partial charge is 0.274 e. The normalized spacial score (nSPS) is 23.1. The fourth-order valence-electron chi connectivity index (χ4n) is 4.61. The van der Waals surface area contributed by atoms with E-state index in [1.54, 1.807) is 25.7 Å². The number of aromatic nitrogens is 2. The average Bonchev–Trinajstić information content (AvgIpc) is 3.02. The third-order valence-electron chi connectivity index (χ3n) is 6.05. The highest BCUT2D eigenvalue weighted by molar-refractivity contribution is 5.92. The van der Waals surface area contributed by atoms with Gasteiger partial charge in [0.2, 0.25) is 6.79 Å². The van der Waals surface area contributed by atoms with Crippen LogP contribution in [-0.4, -0.2) is 65.3 Å². The van der Waals surface area contributed by atoms with Crippen LogP contribution in [0.5, 0.6) is 17.2 Å². The number of carbonyl (C=O) groups is 1. The van der Waals surface area contributed by atoms with Gasteiger partial charge in [0.1, 0.15) is 11.4 Å². The number of ether oxygens (including phenoxy) is 3. The summed E-state index contributed by atoms with van der Waals surface area (Å²) < 4.78 is 16.6. The summed E-state index contributed by atoms with van der Waals surface area (Å²) in [6.45, 7) is 3.44. The van der Waals surface area contributed by atoms with Gasteiger partial charge < -0.3 is 19.1 Å². The molecule has 5 heterocycles. The zero-order chi connectivity index (χ0) is 19.8. The Balaban J connectivity index is 1.35. The molecule has 0 radical (unpaired) electrons. The molecule has 29 heavy (non-hydrogen) atoms. The highest BCUT2D eigenvalue weighted by Crippen LogP contribution is 2.39. The molecule has 152 valence electrons. The number of hydrogen-bond donors (Lipinski definition) is 0. The lowest BCUT2D eigenvalue weighted by Gasteiger charge is -2.36. The molecule has 8 nitrogen and oxygen atoms in total. The number of hydrogen-bond acceptors (Lipinski definition) is 7. The quantitative estimate of drug-likeness (QED) is 0.782. The third-order valence-corrected chi connectivity index (χ3v) is 6.05. The summed E-state index contributed by atoms with van der Waals surface area (Å²) in [6, 6.07) is 4.23. The van der Waals surface area contributed by atoms with Crippen molar-refractivity contribution >= 4 is 5.91 Å².